The Bertz CT molecular complexity index is 915. The molecular formula is C21H24BrN3O4. The van der Waals surface area contributed by atoms with Gasteiger partial charge < -0.3 is 10.1 Å². The summed E-state index contributed by atoms with van der Waals surface area (Å²) in [4.78, 5) is 35.6. The molecule has 3 amide bonds. The normalized spacial score (nSPS) is 10.2. The van der Waals surface area contributed by atoms with Gasteiger partial charge in [0.2, 0.25) is 11.8 Å². The Balaban J connectivity index is 1.68. The van der Waals surface area contributed by atoms with E-state index in [1.54, 1.807) is 12.1 Å². The first-order chi connectivity index (χ1) is 13.7. The maximum Gasteiger partial charge on any atom is 0.276 e. The van der Waals surface area contributed by atoms with Gasteiger partial charge in [-0.1, -0.05) is 28.1 Å². The van der Waals surface area contributed by atoms with Crippen molar-refractivity contribution < 1.29 is 19.1 Å². The molecule has 2 aromatic rings. The van der Waals surface area contributed by atoms with Crippen LogP contribution in [0, 0.1) is 20.8 Å². The number of hydrazine groups is 1. The van der Waals surface area contributed by atoms with Gasteiger partial charge in [-0.25, -0.2) is 0 Å². The van der Waals surface area contributed by atoms with Crippen molar-refractivity contribution in [3.63, 3.8) is 0 Å². The fourth-order valence-electron chi connectivity index (χ4n) is 2.40. The molecule has 8 heteroatoms. The number of amides is 3. The molecule has 7 nitrogen and oxygen atoms in total. The molecule has 154 valence electrons. The van der Waals surface area contributed by atoms with Crippen LogP contribution in [0.25, 0.3) is 0 Å². The summed E-state index contributed by atoms with van der Waals surface area (Å²) in [5.41, 5.74) is 8.23. The quantitative estimate of drug-likeness (QED) is 0.550. The average Bonchev–Trinajstić information content (AvgIpc) is 2.68. The molecule has 3 N–H and O–H groups in total. The van der Waals surface area contributed by atoms with E-state index in [9.17, 15) is 14.4 Å². The number of ether oxygens (including phenoxy) is 1. The average molecular weight is 462 g/mol. The lowest BCUT2D eigenvalue weighted by atomic mass is 10.1. The number of carbonyl (C=O) groups excluding carboxylic acids is 3. The van der Waals surface area contributed by atoms with Crippen LogP contribution in [-0.2, 0) is 14.4 Å². The lowest BCUT2D eigenvalue weighted by Gasteiger charge is -2.11. The third-order valence-corrected chi connectivity index (χ3v) is 4.98. The highest BCUT2D eigenvalue weighted by Gasteiger charge is 2.10. The van der Waals surface area contributed by atoms with E-state index in [0.29, 0.717) is 5.75 Å². The Morgan fingerprint density at radius 1 is 0.862 bits per heavy atom. The molecule has 0 saturated heterocycles. The number of benzene rings is 2. The van der Waals surface area contributed by atoms with Gasteiger partial charge in [-0.3, -0.25) is 25.2 Å². The zero-order valence-electron chi connectivity index (χ0n) is 16.6. The van der Waals surface area contributed by atoms with E-state index in [4.69, 9.17) is 4.74 Å². The zero-order chi connectivity index (χ0) is 21.4. The summed E-state index contributed by atoms with van der Waals surface area (Å²) < 4.78 is 6.32. The third-order valence-electron chi connectivity index (χ3n) is 4.09. The van der Waals surface area contributed by atoms with Gasteiger partial charge in [0.1, 0.15) is 5.75 Å². The van der Waals surface area contributed by atoms with E-state index in [0.717, 1.165) is 26.9 Å². The predicted molar refractivity (Wildman–Crippen MR) is 114 cm³/mol. The molecule has 29 heavy (non-hydrogen) atoms. The van der Waals surface area contributed by atoms with Crippen LogP contribution in [0.4, 0.5) is 5.69 Å². The highest BCUT2D eigenvalue weighted by atomic mass is 79.9. The predicted octanol–water partition coefficient (Wildman–Crippen LogP) is 3.32. The van der Waals surface area contributed by atoms with Crippen molar-refractivity contribution in [2.24, 2.45) is 0 Å². The first-order valence-corrected chi connectivity index (χ1v) is 9.87. The second-order valence-corrected chi connectivity index (χ2v) is 7.52. The molecule has 0 bridgehead atoms. The van der Waals surface area contributed by atoms with Gasteiger partial charge >= 0.3 is 0 Å². The first-order valence-electron chi connectivity index (χ1n) is 9.08. The van der Waals surface area contributed by atoms with E-state index in [2.05, 4.69) is 32.1 Å². The van der Waals surface area contributed by atoms with Crippen molar-refractivity contribution in [3.8, 4) is 5.75 Å². The summed E-state index contributed by atoms with van der Waals surface area (Å²) in [5, 5.41) is 2.79. The highest BCUT2D eigenvalue weighted by Crippen LogP contribution is 2.21. The zero-order valence-corrected chi connectivity index (χ0v) is 18.2. The van der Waals surface area contributed by atoms with Crippen LogP contribution < -0.4 is 20.9 Å². The van der Waals surface area contributed by atoms with Gasteiger partial charge in [0.15, 0.2) is 6.61 Å². The van der Waals surface area contributed by atoms with Gasteiger partial charge in [-0.15, -0.1) is 0 Å². The molecule has 0 spiro atoms. The molecule has 0 aliphatic rings. The fraction of sp³-hybridized carbons (Fsp3) is 0.286. The minimum Gasteiger partial charge on any atom is -0.484 e. The first kappa shape index (κ1) is 22.4. The Morgan fingerprint density at radius 3 is 2.28 bits per heavy atom. The maximum absolute atomic E-state index is 12.0. The molecule has 0 saturated carbocycles. The summed E-state index contributed by atoms with van der Waals surface area (Å²) in [6.07, 6.45) is -0.0481. The Kier molecular flexibility index (Phi) is 8.21. The Morgan fingerprint density at radius 2 is 1.55 bits per heavy atom. The molecule has 0 radical (unpaired) electrons. The number of anilines is 1. The molecule has 0 unspecified atom stereocenters. The minimum atomic E-state index is -0.501. The number of nitrogens with one attached hydrogen (secondary N) is 3. The second-order valence-electron chi connectivity index (χ2n) is 6.66. The third kappa shape index (κ3) is 7.57. The Labute approximate surface area is 178 Å². The number of hydrogen-bond acceptors (Lipinski definition) is 4. The van der Waals surface area contributed by atoms with Crippen LogP contribution >= 0.6 is 15.9 Å². The molecule has 0 aliphatic carbocycles. The largest absolute Gasteiger partial charge is 0.484 e. The van der Waals surface area contributed by atoms with Crippen LogP contribution in [-0.4, -0.2) is 24.3 Å². The van der Waals surface area contributed by atoms with Gasteiger partial charge in [0.05, 0.1) is 0 Å². The summed E-state index contributed by atoms with van der Waals surface area (Å²) in [6, 6.07) is 11.1. The van der Waals surface area contributed by atoms with Crippen molar-refractivity contribution in [3.05, 3.63) is 57.6 Å². The number of aryl methyl sites for hydroxylation is 3. The second kappa shape index (κ2) is 10.6. The summed E-state index contributed by atoms with van der Waals surface area (Å²) in [6.45, 7) is 5.50. The van der Waals surface area contributed by atoms with Crippen LogP contribution in [0.1, 0.15) is 29.5 Å². The molecular weight excluding hydrogens is 438 g/mol. The monoisotopic (exact) mass is 461 g/mol. The standard InChI is InChI=1S/C21H24BrN3O4/c1-13-4-5-14(2)18(10-13)23-19(26)8-9-20(27)24-25-21(28)12-29-16-6-7-17(22)15(3)11-16/h4-7,10-11H,8-9,12H2,1-3H3,(H,23,26)(H,24,27)(H,25,28). The maximum atomic E-state index is 12.0. The molecule has 2 rings (SSSR count). The summed E-state index contributed by atoms with van der Waals surface area (Å²) in [5.74, 6) is -0.683. The van der Waals surface area contributed by atoms with Crippen LogP contribution in [0.5, 0.6) is 5.75 Å². The van der Waals surface area contributed by atoms with Crippen LogP contribution in [0.15, 0.2) is 40.9 Å². The van der Waals surface area contributed by atoms with E-state index in [1.807, 2.05) is 45.0 Å². The van der Waals surface area contributed by atoms with Gasteiger partial charge in [-0.2, -0.15) is 0 Å². The number of halogens is 1. The highest BCUT2D eigenvalue weighted by molar-refractivity contribution is 9.10. The number of carbonyl (C=O) groups is 3. The lowest BCUT2D eigenvalue weighted by Crippen LogP contribution is -2.44. The van der Waals surface area contributed by atoms with Gasteiger partial charge in [0, 0.05) is 23.0 Å². The van der Waals surface area contributed by atoms with Crippen molar-refractivity contribution in [2.75, 3.05) is 11.9 Å². The van der Waals surface area contributed by atoms with E-state index >= 15 is 0 Å². The smallest absolute Gasteiger partial charge is 0.276 e. The number of rotatable bonds is 7. The van der Waals surface area contributed by atoms with Gasteiger partial charge in [0.25, 0.3) is 5.91 Å². The molecule has 2 aromatic carbocycles. The van der Waals surface area contributed by atoms with Gasteiger partial charge in [-0.05, 0) is 61.7 Å². The van der Waals surface area contributed by atoms with Crippen molar-refractivity contribution >= 4 is 39.3 Å². The van der Waals surface area contributed by atoms with Crippen molar-refractivity contribution in [1.82, 2.24) is 10.9 Å². The topological polar surface area (TPSA) is 96.5 Å². The SMILES string of the molecule is Cc1ccc(C)c(NC(=O)CCC(=O)NNC(=O)COc2ccc(Br)c(C)c2)c1. The molecule has 0 fully saturated rings. The van der Waals surface area contributed by atoms with E-state index in [1.165, 1.54) is 0 Å². The molecule has 0 heterocycles. The van der Waals surface area contributed by atoms with Crippen molar-refractivity contribution in [1.29, 1.82) is 0 Å². The van der Waals surface area contributed by atoms with Crippen LogP contribution in [0.3, 0.4) is 0 Å². The minimum absolute atomic E-state index is 0.00373. The molecule has 0 aromatic heterocycles. The van der Waals surface area contributed by atoms with E-state index < -0.39 is 11.8 Å². The molecule has 0 aliphatic heterocycles. The fourth-order valence-corrected chi connectivity index (χ4v) is 2.65. The Hall–Kier alpha value is -2.87. The summed E-state index contributed by atoms with van der Waals surface area (Å²) >= 11 is 3.39. The van der Waals surface area contributed by atoms with E-state index in [-0.39, 0.29) is 25.4 Å². The number of hydrogen-bond donors (Lipinski definition) is 3. The summed E-state index contributed by atoms with van der Waals surface area (Å²) in [7, 11) is 0. The van der Waals surface area contributed by atoms with Crippen molar-refractivity contribution in [2.45, 2.75) is 33.6 Å². The lowest BCUT2D eigenvalue weighted by molar-refractivity contribution is -0.130. The van der Waals surface area contributed by atoms with Crippen LogP contribution in [0.2, 0.25) is 0 Å². The molecule has 0 atom stereocenters.